The van der Waals surface area contributed by atoms with E-state index in [1.54, 1.807) is 12.5 Å². The summed E-state index contributed by atoms with van der Waals surface area (Å²) in [6.45, 7) is 7.96. The fourth-order valence-corrected chi connectivity index (χ4v) is 5.06. The molecular weight excluding hydrogens is 399 g/mol. The maximum atomic E-state index is 13.0. The lowest BCUT2D eigenvalue weighted by molar-refractivity contribution is 0.0899. The molecule has 4 rings (SSSR count). The van der Waals surface area contributed by atoms with Crippen LogP contribution in [0.5, 0.6) is 0 Å². The number of fused-ring (bicyclic) bond motifs is 3. The van der Waals surface area contributed by atoms with Gasteiger partial charge in [-0.2, -0.15) is 4.98 Å². The number of aromatic nitrogens is 4. The summed E-state index contributed by atoms with van der Waals surface area (Å²) in [6.07, 6.45) is 8.81. The Hall–Kier alpha value is -2.06. The molecule has 0 spiro atoms. The second-order valence-electron chi connectivity index (χ2n) is 9.68. The van der Waals surface area contributed by atoms with E-state index in [4.69, 9.17) is 4.74 Å². The van der Waals surface area contributed by atoms with Gasteiger partial charge in [-0.15, -0.1) is 0 Å². The van der Waals surface area contributed by atoms with Gasteiger partial charge in [0.2, 0.25) is 0 Å². The lowest BCUT2D eigenvalue weighted by Gasteiger charge is -2.29. The second-order valence-corrected chi connectivity index (χ2v) is 15.3. The molecule has 30 heavy (non-hydrogen) atoms. The number of pyridine rings is 1. The van der Waals surface area contributed by atoms with E-state index < -0.39 is 8.07 Å². The van der Waals surface area contributed by atoms with Crippen LogP contribution in [0.4, 0.5) is 4.39 Å². The highest BCUT2D eigenvalue weighted by Crippen LogP contribution is 2.35. The van der Waals surface area contributed by atoms with Crippen molar-refractivity contribution in [1.82, 2.24) is 19.1 Å². The molecule has 3 heterocycles. The zero-order valence-electron chi connectivity index (χ0n) is 18.1. The average Bonchev–Trinajstić information content (AvgIpc) is 3.14. The Morgan fingerprint density at radius 2 is 1.93 bits per heavy atom. The molecule has 0 saturated heterocycles. The lowest BCUT2D eigenvalue weighted by atomic mass is 9.86. The molecule has 0 bridgehead atoms. The summed E-state index contributed by atoms with van der Waals surface area (Å²) in [5.41, 5.74) is 1.43. The summed E-state index contributed by atoms with van der Waals surface area (Å²) in [4.78, 5) is 21.1. The standard InChI is InChI=1S/C22H31FN4O2Si/c1-30(2,3)11-10-29-15-26-9-8-18-20-19(13-24-21(18)26)22(28)25-14-27(20)17-6-4-16(12-23)5-7-17/h8-9,13-14,16-17H,4-7,10-12,15H2,1-3H3. The van der Waals surface area contributed by atoms with E-state index in [-0.39, 0.29) is 24.2 Å². The minimum Gasteiger partial charge on any atom is -0.361 e. The van der Waals surface area contributed by atoms with Gasteiger partial charge in [-0.1, -0.05) is 19.6 Å². The van der Waals surface area contributed by atoms with E-state index in [0.717, 1.165) is 54.9 Å². The third-order valence-corrected chi connectivity index (χ3v) is 7.91. The van der Waals surface area contributed by atoms with Gasteiger partial charge in [0.05, 0.1) is 23.9 Å². The van der Waals surface area contributed by atoms with Crippen LogP contribution in [0, 0.1) is 5.92 Å². The first-order valence-corrected chi connectivity index (χ1v) is 14.6. The minimum atomic E-state index is -1.13. The first-order chi connectivity index (χ1) is 14.4. The zero-order valence-corrected chi connectivity index (χ0v) is 19.1. The van der Waals surface area contributed by atoms with Gasteiger partial charge in [0.25, 0.3) is 5.56 Å². The maximum absolute atomic E-state index is 13.0. The van der Waals surface area contributed by atoms with Gasteiger partial charge in [0.15, 0.2) is 0 Å². The Kier molecular flexibility index (Phi) is 6.06. The lowest BCUT2D eigenvalue weighted by Crippen LogP contribution is -2.22. The zero-order chi connectivity index (χ0) is 21.3. The third kappa shape index (κ3) is 4.34. The highest BCUT2D eigenvalue weighted by molar-refractivity contribution is 6.76. The van der Waals surface area contributed by atoms with Crippen LogP contribution in [0.25, 0.3) is 21.9 Å². The van der Waals surface area contributed by atoms with Crippen LogP contribution in [0.3, 0.4) is 0 Å². The number of alkyl halides is 1. The summed E-state index contributed by atoms with van der Waals surface area (Å²) in [5.74, 6) is 0.163. The van der Waals surface area contributed by atoms with Crippen molar-refractivity contribution in [2.45, 2.75) is 64.1 Å². The van der Waals surface area contributed by atoms with E-state index in [2.05, 4.69) is 34.2 Å². The molecule has 162 valence electrons. The Bertz CT molecular complexity index is 1080. The molecule has 1 aliphatic carbocycles. The predicted octanol–water partition coefficient (Wildman–Crippen LogP) is 4.76. The quantitative estimate of drug-likeness (QED) is 0.400. The fourth-order valence-electron chi connectivity index (χ4n) is 4.30. The molecular formula is C22H31FN4O2Si. The topological polar surface area (TPSA) is 61.9 Å². The molecule has 1 fully saturated rings. The molecule has 3 aromatic rings. The number of hydrogen-bond acceptors (Lipinski definition) is 4. The van der Waals surface area contributed by atoms with Gasteiger partial charge in [-0.25, -0.2) is 4.98 Å². The van der Waals surface area contributed by atoms with E-state index >= 15 is 0 Å². The number of ether oxygens (including phenoxy) is 1. The van der Waals surface area contributed by atoms with Crippen molar-refractivity contribution in [2.24, 2.45) is 5.92 Å². The summed E-state index contributed by atoms with van der Waals surface area (Å²) in [6, 6.07) is 3.36. The van der Waals surface area contributed by atoms with E-state index in [1.807, 2.05) is 16.8 Å². The van der Waals surface area contributed by atoms with Crippen molar-refractivity contribution in [3.8, 4) is 0 Å². The molecule has 1 saturated carbocycles. The monoisotopic (exact) mass is 430 g/mol. The molecule has 1 aliphatic rings. The molecule has 0 amide bonds. The van der Waals surface area contributed by atoms with Crippen LogP contribution in [0.1, 0.15) is 31.7 Å². The van der Waals surface area contributed by atoms with Crippen molar-refractivity contribution in [3.63, 3.8) is 0 Å². The molecule has 0 aliphatic heterocycles. The molecule has 6 nitrogen and oxygen atoms in total. The van der Waals surface area contributed by atoms with Crippen LogP contribution in [0.2, 0.25) is 25.7 Å². The predicted molar refractivity (Wildman–Crippen MR) is 120 cm³/mol. The van der Waals surface area contributed by atoms with Crippen molar-refractivity contribution in [3.05, 3.63) is 35.1 Å². The molecule has 0 radical (unpaired) electrons. The molecule has 0 unspecified atom stereocenters. The summed E-state index contributed by atoms with van der Waals surface area (Å²) in [7, 11) is -1.13. The van der Waals surface area contributed by atoms with Crippen LogP contribution >= 0.6 is 0 Å². The molecule has 3 aromatic heterocycles. The Morgan fingerprint density at radius 1 is 1.17 bits per heavy atom. The minimum absolute atomic E-state index is 0.163. The summed E-state index contributed by atoms with van der Waals surface area (Å²) in [5, 5.41) is 1.48. The number of halogens is 1. The third-order valence-electron chi connectivity index (χ3n) is 6.20. The number of hydrogen-bond donors (Lipinski definition) is 0. The fraction of sp³-hybridized carbons (Fsp3) is 0.591. The molecule has 0 atom stereocenters. The smallest absolute Gasteiger partial charge is 0.282 e. The molecule has 8 heteroatoms. The highest BCUT2D eigenvalue weighted by atomic mass is 28.3. The number of rotatable bonds is 7. The van der Waals surface area contributed by atoms with Crippen molar-refractivity contribution >= 4 is 30.0 Å². The summed E-state index contributed by atoms with van der Waals surface area (Å²) < 4.78 is 23.1. The summed E-state index contributed by atoms with van der Waals surface area (Å²) >= 11 is 0. The van der Waals surface area contributed by atoms with Crippen LogP contribution in [-0.4, -0.2) is 40.5 Å². The van der Waals surface area contributed by atoms with Gasteiger partial charge < -0.3 is 13.9 Å². The Balaban J connectivity index is 1.66. The Labute approximate surface area is 177 Å². The van der Waals surface area contributed by atoms with E-state index in [1.165, 1.54) is 0 Å². The SMILES string of the molecule is C[Si](C)(C)CCOCn1ccc2c1ncc1c(=O)ncn(C3CCC(CF)CC3)c12. The number of nitrogens with zero attached hydrogens (tertiary/aromatic N) is 4. The average molecular weight is 431 g/mol. The van der Waals surface area contributed by atoms with Gasteiger partial charge in [0, 0.05) is 38.5 Å². The van der Waals surface area contributed by atoms with Crippen molar-refractivity contribution < 1.29 is 9.13 Å². The largest absolute Gasteiger partial charge is 0.361 e. The Morgan fingerprint density at radius 3 is 2.63 bits per heavy atom. The normalized spacial score (nSPS) is 20.3. The molecule has 0 N–H and O–H groups in total. The van der Waals surface area contributed by atoms with Crippen LogP contribution in [-0.2, 0) is 11.5 Å². The second kappa shape index (κ2) is 8.59. The van der Waals surface area contributed by atoms with Gasteiger partial charge in [-0.05, 0) is 43.7 Å². The first-order valence-electron chi connectivity index (χ1n) is 10.9. The van der Waals surface area contributed by atoms with Gasteiger partial charge in [0.1, 0.15) is 12.4 Å². The van der Waals surface area contributed by atoms with Crippen LogP contribution < -0.4 is 5.56 Å². The maximum Gasteiger partial charge on any atom is 0.282 e. The van der Waals surface area contributed by atoms with Gasteiger partial charge >= 0.3 is 0 Å². The first kappa shape index (κ1) is 21.2. The van der Waals surface area contributed by atoms with Crippen molar-refractivity contribution in [1.29, 1.82) is 0 Å². The van der Waals surface area contributed by atoms with E-state index in [9.17, 15) is 9.18 Å². The van der Waals surface area contributed by atoms with E-state index in [0.29, 0.717) is 12.1 Å². The van der Waals surface area contributed by atoms with Crippen LogP contribution in [0.15, 0.2) is 29.6 Å². The molecule has 0 aromatic carbocycles. The van der Waals surface area contributed by atoms with Crippen molar-refractivity contribution in [2.75, 3.05) is 13.3 Å². The highest BCUT2D eigenvalue weighted by Gasteiger charge is 2.24. The van der Waals surface area contributed by atoms with Gasteiger partial charge in [-0.3, -0.25) is 9.18 Å².